The van der Waals surface area contributed by atoms with Gasteiger partial charge in [-0.3, -0.25) is 4.79 Å². The summed E-state index contributed by atoms with van der Waals surface area (Å²) >= 11 is 0. The first-order valence-electron chi connectivity index (χ1n) is 6.54. The molecule has 7 nitrogen and oxygen atoms in total. The van der Waals surface area contributed by atoms with E-state index >= 15 is 0 Å². The van der Waals surface area contributed by atoms with Crippen molar-refractivity contribution >= 4 is 11.7 Å². The number of esters is 1. The topological polar surface area (TPSA) is 86.5 Å². The SMILES string of the molecule is CCOC(=O)CNc1ccc(-c2noc(COC)n2)cc1. The third-order valence-electron chi connectivity index (χ3n) is 2.62. The Morgan fingerprint density at radius 1 is 1.33 bits per heavy atom. The molecule has 1 heterocycles. The Bertz CT molecular complexity index is 580. The van der Waals surface area contributed by atoms with Crippen LogP contribution in [0.1, 0.15) is 12.8 Å². The molecule has 0 bridgehead atoms. The van der Waals surface area contributed by atoms with Crippen LogP contribution in [-0.4, -0.2) is 36.4 Å². The van der Waals surface area contributed by atoms with E-state index in [0.29, 0.717) is 18.3 Å². The van der Waals surface area contributed by atoms with Crippen molar-refractivity contribution in [1.29, 1.82) is 0 Å². The second kappa shape index (κ2) is 7.39. The van der Waals surface area contributed by atoms with Crippen molar-refractivity contribution in [2.45, 2.75) is 13.5 Å². The molecular formula is C14H17N3O4. The zero-order valence-electron chi connectivity index (χ0n) is 12.0. The maximum Gasteiger partial charge on any atom is 0.325 e. The van der Waals surface area contributed by atoms with Gasteiger partial charge in [-0.15, -0.1) is 0 Å². The molecule has 2 aromatic rings. The van der Waals surface area contributed by atoms with E-state index in [1.807, 2.05) is 24.3 Å². The maximum absolute atomic E-state index is 11.2. The summed E-state index contributed by atoms with van der Waals surface area (Å²) in [6, 6.07) is 7.35. The van der Waals surface area contributed by atoms with Gasteiger partial charge in [-0.05, 0) is 31.2 Å². The molecular weight excluding hydrogens is 274 g/mol. The van der Waals surface area contributed by atoms with E-state index in [1.165, 1.54) is 0 Å². The summed E-state index contributed by atoms with van der Waals surface area (Å²) in [7, 11) is 1.56. The number of aromatic nitrogens is 2. The Kier molecular flexibility index (Phi) is 5.28. The zero-order chi connectivity index (χ0) is 15.1. The molecule has 0 fully saturated rings. The van der Waals surface area contributed by atoms with Gasteiger partial charge in [0.25, 0.3) is 5.89 Å². The number of benzene rings is 1. The highest BCUT2D eigenvalue weighted by molar-refractivity contribution is 5.75. The summed E-state index contributed by atoms with van der Waals surface area (Å²) in [6.07, 6.45) is 0. The molecule has 0 amide bonds. The zero-order valence-corrected chi connectivity index (χ0v) is 12.0. The van der Waals surface area contributed by atoms with Crippen LogP contribution in [0.4, 0.5) is 5.69 Å². The molecule has 0 saturated carbocycles. The van der Waals surface area contributed by atoms with Crippen molar-refractivity contribution < 1.29 is 18.8 Å². The second-order valence-corrected chi connectivity index (χ2v) is 4.18. The number of nitrogens with zero attached hydrogens (tertiary/aromatic N) is 2. The fourth-order valence-corrected chi connectivity index (χ4v) is 1.68. The number of methoxy groups -OCH3 is 1. The molecule has 2 rings (SSSR count). The third kappa shape index (κ3) is 4.28. The predicted octanol–water partition coefficient (Wildman–Crippen LogP) is 1.86. The highest BCUT2D eigenvalue weighted by Crippen LogP contribution is 2.18. The fraction of sp³-hybridized carbons (Fsp3) is 0.357. The lowest BCUT2D eigenvalue weighted by Gasteiger charge is -2.06. The number of ether oxygens (including phenoxy) is 2. The molecule has 0 spiro atoms. The van der Waals surface area contributed by atoms with Crippen LogP contribution in [0.2, 0.25) is 0 Å². The van der Waals surface area contributed by atoms with E-state index in [-0.39, 0.29) is 19.1 Å². The second-order valence-electron chi connectivity index (χ2n) is 4.18. The molecule has 0 radical (unpaired) electrons. The average molecular weight is 291 g/mol. The minimum absolute atomic E-state index is 0.132. The van der Waals surface area contributed by atoms with Gasteiger partial charge in [0.15, 0.2) is 0 Å². The van der Waals surface area contributed by atoms with Crippen molar-refractivity contribution in [3.05, 3.63) is 30.2 Å². The fourth-order valence-electron chi connectivity index (χ4n) is 1.68. The normalized spacial score (nSPS) is 10.4. The Hall–Kier alpha value is -2.41. The Balaban J connectivity index is 1.96. The Labute approximate surface area is 122 Å². The van der Waals surface area contributed by atoms with Gasteiger partial charge >= 0.3 is 5.97 Å². The molecule has 0 aliphatic carbocycles. The lowest BCUT2D eigenvalue weighted by molar-refractivity contribution is -0.140. The first-order valence-corrected chi connectivity index (χ1v) is 6.54. The van der Waals surface area contributed by atoms with Gasteiger partial charge in [0.2, 0.25) is 5.82 Å². The molecule has 1 N–H and O–H groups in total. The highest BCUT2D eigenvalue weighted by atomic mass is 16.5. The molecule has 0 aliphatic heterocycles. The van der Waals surface area contributed by atoms with E-state index in [9.17, 15) is 4.79 Å². The third-order valence-corrected chi connectivity index (χ3v) is 2.62. The summed E-state index contributed by atoms with van der Waals surface area (Å²) in [5.74, 6) is 0.639. The number of hydrogen-bond donors (Lipinski definition) is 1. The monoisotopic (exact) mass is 291 g/mol. The van der Waals surface area contributed by atoms with Gasteiger partial charge in [-0.25, -0.2) is 0 Å². The Morgan fingerprint density at radius 3 is 2.76 bits per heavy atom. The van der Waals surface area contributed by atoms with Crippen LogP contribution in [0.5, 0.6) is 0 Å². The van der Waals surface area contributed by atoms with E-state index in [2.05, 4.69) is 15.5 Å². The summed E-state index contributed by atoms with van der Waals surface area (Å²) < 4.78 is 14.8. The van der Waals surface area contributed by atoms with Crippen molar-refractivity contribution in [3.63, 3.8) is 0 Å². The lowest BCUT2D eigenvalue weighted by atomic mass is 10.2. The summed E-state index contributed by atoms with van der Waals surface area (Å²) in [6.45, 7) is 2.57. The first kappa shape index (κ1) is 15.0. The molecule has 0 aliphatic rings. The molecule has 0 saturated heterocycles. The average Bonchev–Trinajstić information content (AvgIpc) is 2.95. The lowest BCUT2D eigenvalue weighted by Crippen LogP contribution is -2.16. The number of rotatable bonds is 7. The molecule has 1 aromatic carbocycles. The van der Waals surface area contributed by atoms with Gasteiger partial charge in [-0.1, -0.05) is 5.16 Å². The smallest absolute Gasteiger partial charge is 0.325 e. The molecule has 0 unspecified atom stereocenters. The largest absolute Gasteiger partial charge is 0.465 e. The minimum atomic E-state index is -0.288. The molecule has 0 atom stereocenters. The first-order chi connectivity index (χ1) is 10.2. The van der Waals surface area contributed by atoms with E-state index in [4.69, 9.17) is 14.0 Å². The Morgan fingerprint density at radius 2 is 2.10 bits per heavy atom. The van der Waals surface area contributed by atoms with Crippen molar-refractivity contribution in [1.82, 2.24) is 10.1 Å². The van der Waals surface area contributed by atoms with Crippen LogP contribution in [0.15, 0.2) is 28.8 Å². The molecule has 7 heteroatoms. The predicted molar refractivity (Wildman–Crippen MR) is 75.6 cm³/mol. The van der Waals surface area contributed by atoms with Gasteiger partial charge in [0, 0.05) is 18.4 Å². The summed E-state index contributed by atoms with van der Waals surface area (Å²) in [5.41, 5.74) is 1.63. The van der Waals surface area contributed by atoms with E-state index < -0.39 is 0 Å². The number of anilines is 1. The van der Waals surface area contributed by atoms with Crippen LogP contribution in [0.25, 0.3) is 11.4 Å². The molecule has 112 valence electrons. The van der Waals surface area contributed by atoms with Crippen molar-refractivity contribution in [2.75, 3.05) is 25.6 Å². The van der Waals surface area contributed by atoms with Gasteiger partial charge in [0.05, 0.1) is 6.61 Å². The van der Waals surface area contributed by atoms with Crippen molar-refractivity contribution in [2.24, 2.45) is 0 Å². The summed E-state index contributed by atoms with van der Waals surface area (Å²) in [4.78, 5) is 15.4. The number of nitrogens with one attached hydrogen (secondary N) is 1. The standard InChI is InChI=1S/C14H17N3O4/c1-3-20-13(18)8-15-11-6-4-10(5-7-11)14-16-12(9-19-2)21-17-14/h4-7,15H,3,8-9H2,1-2H3. The maximum atomic E-state index is 11.2. The van der Waals surface area contributed by atoms with Gasteiger partial charge in [-0.2, -0.15) is 4.98 Å². The van der Waals surface area contributed by atoms with Crippen LogP contribution >= 0.6 is 0 Å². The highest BCUT2D eigenvalue weighted by Gasteiger charge is 2.08. The van der Waals surface area contributed by atoms with Crippen LogP contribution in [0.3, 0.4) is 0 Å². The van der Waals surface area contributed by atoms with Gasteiger partial charge < -0.3 is 19.3 Å². The number of carbonyl (C=O) groups is 1. The van der Waals surface area contributed by atoms with Crippen molar-refractivity contribution in [3.8, 4) is 11.4 Å². The van der Waals surface area contributed by atoms with E-state index in [0.717, 1.165) is 11.3 Å². The quantitative estimate of drug-likeness (QED) is 0.779. The van der Waals surface area contributed by atoms with Gasteiger partial charge in [0.1, 0.15) is 13.2 Å². The molecule has 21 heavy (non-hydrogen) atoms. The summed E-state index contributed by atoms with van der Waals surface area (Å²) in [5, 5.41) is 6.85. The van der Waals surface area contributed by atoms with E-state index in [1.54, 1.807) is 14.0 Å². The number of carbonyl (C=O) groups excluding carboxylic acids is 1. The minimum Gasteiger partial charge on any atom is -0.465 e. The van der Waals surface area contributed by atoms with Crippen LogP contribution in [0, 0.1) is 0 Å². The number of hydrogen-bond acceptors (Lipinski definition) is 7. The van der Waals surface area contributed by atoms with Crippen LogP contribution < -0.4 is 5.32 Å². The molecule has 1 aromatic heterocycles. The van der Waals surface area contributed by atoms with Crippen LogP contribution in [-0.2, 0) is 20.9 Å².